The Balaban J connectivity index is 2.29. The Morgan fingerprint density at radius 1 is 1.56 bits per heavy atom. The van der Waals surface area contributed by atoms with Crippen molar-refractivity contribution in [3.8, 4) is 5.75 Å². The van der Waals surface area contributed by atoms with E-state index in [1.165, 1.54) is 6.92 Å². The summed E-state index contributed by atoms with van der Waals surface area (Å²) in [6.07, 6.45) is 0.647. The number of carboxylic acids is 1. The highest BCUT2D eigenvalue weighted by atomic mass is 32.1. The van der Waals surface area contributed by atoms with Crippen LogP contribution in [0.2, 0.25) is 0 Å². The molecule has 1 amide bonds. The Bertz CT molecular complexity index is 375. The van der Waals surface area contributed by atoms with Crippen molar-refractivity contribution in [2.24, 2.45) is 0 Å². The summed E-state index contributed by atoms with van der Waals surface area (Å²) in [6.45, 7) is 2.36. The van der Waals surface area contributed by atoms with E-state index in [0.29, 0.717) is 25.3 Å². The van der Waals surface area contributed by atoms with Crippen molar-refractivity contribution in [1.82, 2.24) is 5.32 Å². The molecule has 2 N–H and O–H groups in total. The van der Waals surface area contributed by atoms with Crippen molar-refractivity contribution in [3.05, 3.63) is 16.3 Å². The lowest BCUT2D eigenvalue weighted by Gasteiger charge is -2.05. The first-order valence-corrected chi connectivity index (χ1v) is 5.67. The fourth-order valence-electron chi connectivity index (χ4n) is 1.09. The van der Waals surface area contributed by atoms with Gasteiger partial charge in [-0.1, -0.05) is 0 Å². The summed E-state index contributed by atoms with van der Waals surface area (Å²) in [5.74, 6) is -0.672. The molecule has 0 aliphatic rings. The molecule has 0 atom stereocenters. The van der Waals surface area contributed by atoms with E-state index in [2.05, 4.69) is 5.32 Å². The molecule has 0 spiro atoms. The number of hydrogen-bond donors (Lipinski definition) is 2. The highest BCUT2D eigenvalue weighted by Crippen LogP contribution is 2.24. The number of amides is 1. The number of rotatable bonds is 6. The van der Waals surface area contributed by atoms with E-state index in [4.69, 9.17) is 9.84 Å². The van der Waals surface area contributed by atoms with Gasteiger partial charge in [0.05, 0.1) is 6.61 Å². The Labute approximate surface area is 97.0 Å². The van der Waals surface area contributed by atoms with Gasteiger partial charge in [0.1, 0.15) is 5.75 Å². The number of carbonyl (C=O) groups is 2. The minimum absolute atomic E-state index is 0.0817. The van der Waals surface area contributed by atoms with E-state index in [0.717, 1.165) is 11.3 Å². The number of thiophene rings is 1. The Morgan fingerprint density at radius 2 is 2.31 bits per heavy atom. The normalized spacial score (nSPS) is 9.81. The molecular formula is C10H13NO4S. The van der Waals surface area contributed by atoms with Gasteiger partial charge in [-0.25, -0.2) is 4.79 Å². The molecular weight excluding hydrogens is 230 g/mol. The molecule has 0 aromatic carbocycles. The first-order chi connectivity index (χ1) is 7.61. The number of nitrogens with one attached hydrogen (secondary N) is 1. The predicted molar refractivity (Wildman–Crippen MR) is 60.1 cm³/mol. The number of carbonyl (C=O) groups excluding carboxylic acids is 1. The molecule has 0 unspecified atom stereocenters. The van der Waals surface area contributed by atoms with Gasteiger partial charge in [0.25, 0.3) is 0 Å². The molecule has 5 nitrogen and oxygen atoms in total. The number of ether oxygens (including phenoxy) is 1. The van der Waals surface area contributed by atoms with Gasteiger partial charge in [0, 0.05) is 13.5 Å². The van der Waals surface area contributed by atoms with Gasteiger partial charge >= 0.3 is 5.97 Å². The summed E-state index contributed by atoms with van der Waals surface area (Å²) in [7, 11) is 0. The summed E-state index contributed by atoms with van der Waals surface area (Å²) >= 11 is 1.13. The molecule has 0 radical (unpaired) electrons. The van der Waals surface area contributed by atoms with Gasteiger partial charge in [-0.2, -0.15) is 0 Å². The molecule has 1 rings (SSSR count). The predicted octanol–water partition coefficient (Wildman–Crippen LogP) is 1.35. The quantitative estimate of drug-likeness (QED) is 0.739. The van der Waals surface area contributed by atoms with Crippen molar-refractivity contribution in [3.63, 3.8) is 0 Å². The molecule has 0 bridgehead atoms. The average molecular weight is 243 g/mol. The van der Waals surface area contributed by atoms with Crippen LogP contribution >= 0.6 is 11.3 Å². The highest BCUT2D eigenvalue weighted by Gasteiger charge is 2.12. The van der Waals surface area contributed by atoms with Crippen LogP contribution < -0.4 is 10.1 Å². The van der Waals surface area contributed by atoms with E-state index in [9.17, 15) is 9.59 Å². The topological polar surface area (TPSA) is 75.6 Å². The molecule has 1 heterocycles. The van der Waals surface area contributed by atoms with Crippen molar-refractivity contribution < 1.29 is 19.4 Å². The van der Waals surface area contributed by atoms with E-state index in [1.54, 1.807) is 11.4 Å². The van der Waals surface area contributed by atoms with Crippen molar-refractivity contribution in [2.45, 2.75) is 13.3 Å². The van der Waals surface area contributed by atoms with E-state index in [1.807, 2.05) is 0 Å². The first kappa shape index (κ1) is 12.5. The van der Waals surface area contributed by atoms with Gasteiger partial charge in [0.2, 0.25) is 5.91 Å². The Hall–Kier alpha value is -1.56. The van der Waals surface area contributed by atoms with E-state index < -0.39 is 5.97 Å². The zero-order valence-electron chi connectivity index (χ0n) is 8.86. The van der Waals surface area contributed by atoms with E-state index >= 15 is 0 Å². The molecule has 16 heavy (non-hydrogen) atoms. The first-order valence-electron chi connectivity index (χ1n) is 4.79. The highest BCUT2D eigenvalue weighted by molar-refractivity contribution is 7.12. The van der Waals surface area contributed by atoms with Crippen LogP contribution in [0, 0.1) is 0 Å². The standard InChI is InChI=1S/C10H13NO4S/c1-7(12)11-4-2-5-15-8-3-6-16-9(8)10(13)14/h3,6H,2,4-5H2,1H3,(H,11,12)(H,13,14). The molecule has 0 saturated heterocycles. The zero-order valence-corrected chi connectivity index (χ0v) is 9.67. The van der Waals surface area contributed by atoms with Crippen molar-refractivity contribution >= 4 is 23.2 Å². The van der Waals surface area contributed by atoms with Crippen LogP contribution in [0.3, 0.4) is 0 Å². The fourth-order valence-corrected chi connectivity index (χ4v) is 1.76. The van der Waals surface area contributed by atoms with Crippen LogP contribution in [0.4, 0.5) is 0 Å². The van der Waals surface area contributed by atoms with Crippen LogP contribution in [-0.4, -0.2) is 30.1 Å². The lowest BCUT2D eigenvalue weighted by atomic mass is 10.4. The summed E-state index contributed by atoms with van der Waals surface area (Å²) in [5.41, 5.74) is 0. The lowest BCUT2D eigenvalue weighted by molar-refractivity contribution is -0.118. The van der Waals surface area contributed by atoms with Crippen LogP contribution in [-0.2, 0) is 4.79 Å². The van der Waals surface area contributed by atoms with Crippen LogP contribution in [0.5, 0.6) is 5.75 Å². The minimum atomic E-state index is -0.980. The molecule has 0 aliphatic carbocycles. The molecule has 0 fully saturated rings. The molecule has 1 aromatic heterocycles. The second kappa shape index (κ2) is 6.12. The molecule has 0 saturated carbocycles. The maximum absolute atomic E-state index is 10.7. The zero-order chi connectivity index (χ0) is 12.0. The maximum atomic E-state index is 10.7. The Morgan fingerprint density at radius 3 is 2.94 bits per heavy atom. The molecule has 0 aliphatic heterocycles. The van der Waals surface area contributed by atoms with Gasteiger partial charge in [-0.15, -0.1) is 11.3 Å². The van der Waals surface area contributed by atoms with Gasteiger partial charge in [-0.05, 0) is 17.9 Å². The van der Waals surface area contributed by atoms with Crippen LogP contribution in [0.15, 0.2) is 11.4 Å². The van der Waals surface area contributed by atoms with Gasteiger partial charge in [0.15, 0.2) is 4.88 Å². The minimum Gasteiger partial charge on any atom is -0.492 e. The monoisotopic (exact) mass is 243 g/mol. The summed E-state index contributed by atoms with van der Waals surface area (Å²) < 4.78 is 5.30. The molecule has 6 heteroatoms. The molecule has 88 valence electrons. The van der Waals surface area contributed by atoms with Gasteiger partial charge in [-0.3, -0.25) is 4.79 Å². The number of aromatic carboxylic acids is 1. The van der Waals surface area contributed by atoms with Gasteiger partial charge < -0.3 is 15.2 Å². The number of hydrogen-bond acceptors (Lipinski definition) is 4. The second-order valence-electron chi connectivity index (χ2n) is 3.10. The van der Waals surface area contributed by atoms with Crippen LogP contribution in [0.25, 0.3) is 0 Å². The second-order valence-corrected chi connectivity index (χ2v) is 4.02. The maximum Gasteiger partial charge on any atom is 0.349 e. The Kier molecular flexibility index (Phi) is 4.78. The SMILES string of the molecule is CC(=O)NCCCOc1ccsc1C(=O)O. The van der Waals surface area contributed by atoms with Crippen LogP contribution in [0.1, 0.15) is 23.0 Å². The fraction of sp³-hybridized carbons (Fsp3) is 0.400. The third-order valence-electron chi connectivity index (χ3n) is 1.78. The van der Waals surface area contributed by atoms with Crippen molar-refractivity contribution in [1.29, 1.82) is 0 Å². The largest absolute Gasteiger partial charge is 0.492 e. The third kappa shape index (κ3) is 3.90. The smallest absolute Gasteiger partial charge is 0.349 e. The van der Waals surface area contributed by atoms with E-state index in [-0.39, 0.29) is 10.8 Å². The summed E-state index contributed by atoms with van der Waals surface area (Å²) in [6, 6.07) is 1.63. The molecule has 1 aromatic rings. The van der Waals surface area contributed by atoms with Crippen molar-refractivity contribution in [2.75, 3.05) is 13.2 Å². The average Bonchev–Trinajstić information content (AvgIpc) is 2.65. The summed E-state index contributed by atoms with van der Waals surface area (Å²) in [4.78, 5) is 21.5. The lowest BCUT2D eigenvalue weighted by Crippen LogP contribution is -2.22. The summed E-state index contributed by atoms with van der Waals surface area (Å²) in [5, 5.41) is 13.1. The third-order valence-corrected chi connectivity index (χ3v) is 2.66. The number of carboxylic acid groups (broad SMARTS) is 1.